The van der Waals surface area contributed by atoms with E-state index >= 15 is 0 Å². The van der Waals surface area contributed by atoms with Gasteiger partial charge in [-0.05, 0) is 37.8 Å². The number of rotatable bonds is 0. The van der Waals surface area contributed by atoms with Crippen molar-refractivity contribution in [1.82, 2.24) is 4.98 Å². The zero-order valence-electron chi connectivity index (χ0n) is 8.78. The predicted molar refractivity (Wildman–Crippen MR) is 66.1 cm³/mol. The highest BCUT2D eigenvalue weighted by atomic mass is 32.1. The van der Waals surface area contributed by atoms with E-state index in [-0.39, 0.29) is 0 Å². The average Bonchev–Trinajstić information content (AvgIpc) is 2.20. The van der Waals surface area contributed by atoms with E-state index in [2.05, 4.69) is 48.8 Å². The second kappa shape index (κ2) is 5.01. The molecule has 0 spiro atoms. The number of thiol groups is 1. The molecule has 2 aromatic rings. The van der Waals surface area contributed by atoms with Gasteiger partial charge in [0.1, 0.15) is 0 Å². The molecule has 74 valence electrons. The van der Waals surface area contributed by atoms with E-state index in [1.54, 1.807) is 6.26 Å². The number of benzene rings is 1. The molecule has 0 N–H and O–H groups in total. The smallest absolute Gasteiger partial charge is 0.0707 e. The van der Waals surface area contributed by atoms with Crippen LogP contribution in [0.1, 0.15) is 11.3 Å². The lowest BCUT2D eigenvalue weighted by atomic mass is 10.1. The van der Waals surface area contributed by atoms with Crippen LogP contribution in [0.2, 0.25) is 0 Å². The monoisotopic (exact) mass is 205 g/mol. The Morgan fingerprint density at radius 2 is 1.64 bits per heavy atom. The number of aryl methyl sites for hydroxylation is 2. The first-order valence-corrected chi connectivity index (χ1v) is 5.44. The summed E-state index contributed by atoms with van der Waals surface area (Å²) in [4.78, 5) is 4.44. The molecule has 1 aromatic heterocycles. The molecule has 0 fully saturated rings. The van der Waals surface area contributed by atoms with Gasteiger partial charge < -0.3 is 0 Å². The summed E-state index contributed by atoms with van der Waals surface area (Å²) in [5.74, 6) is 0. The molecule has 2 heteroatoms. The lowest BCUT2D eigenvalue weighted by Crippen LogP contribution is -1.83. The van der Waals surface area contributed by atoms with Gasteiger partial charge in [-0.1, -0.05) is 18.2 Å². The second-order valence-electron chi connectivity index (χ2n) is 3.15. The van der Waals surface area contributed by atoms with Gasteiger partial charge in [0.05, 0.1) is 5.52 Å². The summed E-state index contributed by atoms with van der Waals surface area (Å²) < 4.78 is 0. The molecule has 14 heavy (non-hydrogen) atoms. The van der Waals surface area contributed by atoms with Crippen molar-refractivity contribution >= 4 is 23.5 Å². The first kappa shape index (κ1) is 11.1. The van der Waals surface area contributed by atoms with E-state index < -0.39 is 0 Å². The third kappa shape index (κ3) is 2.48. The first-order valence-electron chi connectivity index (χ1n) is 4.54. The molecule has 0 unspecified atom stereocenters. The summed E-state index contributed by atoms with van der Waals surface area (Å²) in [5, 5.41) is 1.21. The molecule has 0 aliphatic rings. The fourth-order valence-electron chi connectivity index (χ4n) is 1.33. The Balaban J connectivity index is 0.000000461. The van der Waals surface area contributed by atoms with Crippen molar-refractivity contribution in [2.24, 2.45) is 0 Å². The molecule has 0 radical (unpaired) electrons. The third-order valence-electron chi connectivity index (χ3n) is 1.99. The van der Waals surface area contributed by atoms with E-state index in [1.165, 1.54) is 10.9 Å². The fourth-order valence-corrected chi connectivity index (χ4v) is 1.33. The number of hydrogen-bond donors (Lipinski definition) is 1. The maximum absolute atomic E-state index is 4.44. The Morgan fingerprint density at radius 3 is 2.36 bits per heavy atom. The largest absolute Gasteiger partial charge is 0.253 e. The number of fused-ring (bicyclic) bond motifs is 1. The summed E-state index contributed by atoms with van der Waals surface area (Å²) in [6.45, 7) is 4.10. The van der Waals surface area contributed by atoms with Gasteiger partial charge in [-0.2, -0.15) is 12.6 Å². The van der Waals surface area contributed by atoms with Crippen molar-refractivity contribution < 1.29 is 0 Å². The molecule has 0 amide bonds. The van der Waals surface area contributed by atoms with E-state index in [0.29, 0.717) is 0 Å². The van der Waals surface area contributed by atoms with Crippen LogP contribution >= 0.6 is 12.6 Å². The molecule has 0 saturated heterocycles. The highest BCUT2D eigenvalue weighted by Gasteiger charge is 1.94. The number of nitrogens with zero attached hydrogens (tertiary/aromatic N) is 1. The van der Waals surface area contributed by atoms with Crippen molar-refractivity contribution in [2.75, 3.05) is 6.26 Å². The third-order valence-corrected chi connectivity index (χ3v) is 1.99. The summed E-state index contributed by atoms with van der Waals surface area (Å²) >= 11 is 3.53. The van der Waals surface area contributed by atoms with Gasteiger partial charge >= 0.3 is 0 Å². The van der Waals surface area contributed by atoms with Gasteiger partial charge in [0.25, 0.3) is 0 Å². The fraction of sp³-hybridized carbons (Fsp3) is 0.250. The first-order chi connectivity index (χ1) is 6.75. The normalized spacial score (nSPS) is 9.43. The highest BCUT2D eigenvalue weighted by Crippen LogP contribution is 2.13. The molecule has 0 bridgehead atoms. The van der Waals surface area contributed by atoms with E-state index in [4.69, 9.17) is 0 Å². The van der Waals surface area contributed by atoms with Gasteiger partial charge in [-0.3, -0.25) is 4.98 Å². The molecule has 2 rings (SSSR count). The van der Waals surface area contributed by atoms with Crippen LogP contribution in [0.25, 0.3) is 10.9 Å². The maximum Gasteiger partial charge on any atom is 0.0707 e. The van der Waals surface area contributed by atoms with Crippen molar-refractivity contribution in [3.8, 4) is 0 Å². The van der Waals surface area contributed by atoms with Gasteiger partial charge in [-0.15, -0.1) is 0 Å². The van der Waals surface area contributed by atoms with Crippen LogP contribution in [0.5, 0.6) is 0 Å². The molecule has 1 heterocycles. The van der Waals surface area contributed by atoms with Gasteiger partial charge in [0.15, 0.2) is 0 Å². The summed E-state index contributed by atoms with van der Waals surface area (Å²) in [6, 6.07) is 10.5. The summed E-state index contributed by atoms with van der Waals surface area (Å²) in [6.07, 6.45) is 1.69. The van der Waals surface area contributed by atoms with Gasteiger partial charge in [0, 0.05) is 11.1 Å². The Hall–Kier alpha value is -1.02. The van der Waals surface area contributed by atoms with Crippen LogP contribution in [-0.4, -0.2) is 11.2 Å². The maximum atomic E-state index is 4.44. The van der Waals surface area contributed by atoms with Crippen molar-refractivity contribution in [3.05, 3.63) is 41.6 Å². The van der Waals surface area contributed by atoms with Crippen LogP contribution < -0.4 is 0 Å². The van der Waals surface area contributed by atoms with E-state index in [0.717, 1.165) is 11.2 Å². The van der Waals surface area contributed by atoms with Crippen LogP contribution in [0.15, 0.2) is 30.3 Å². The van der Waals surface area contributed by atoms with Crippen LogP contribution in [0.4, 0.5) is 0 Å². The molecule has 0 aliphatic carbocycles. The Kier molecular flexibility index (Phi) is 3.96. The SMILES string of the molecule is CS.Cc1ccc2ccc(C)nc2c1. The van der Waals surface area contributed by atoms with Crippen LogP contribution in [0, 0.1) is 13.8 Å². The van der Waals surface area contributed by atoms with Crippen molar-refractivity contribution in [1.29, 1.82) is 0 Å². The summed E-state index contributed by atoms with van der Waals surface area (Å²) in [7, 11) is 0. The zero-order chi connectivity index (χ0) is 10.6. The van der Waals surface area contributed by atoms with Crippen LogP contribution in [-0.2, 0) is 0 Å². The molecular formula is C12H15NS. The Bertz CT molecular complexity index is 387. The minimum absolute atomic E-state index is 1.08. The number of pyridine rings is 1. The molecular weight excluding hydrogens is 190 g/mol. The average molecular weight is 205 g/mol. The van der Waals surface area contributed by atoms with Gasteiger partial charge in [0.2, 0.25) is 0 Å². The topological polar surface area (TPSA) is 12.9 Å². The van der Waals surface area contributed by atoms with E-state index in [9.17, 15) is 0 Å². The lowest BCUT2D eigenvalue weighted by molar-refractivity contribution is 1.25. The van der Waals surface area contributed by atoms with Crippen LogP contribution in [0.3, 0.4) is 0 Å². The highest BCUT2D eigenvalue weighted by molar-refractivity contribution is 7.79. The molecule has 0 atom stereocenters. The number of aromatic nitrogens is 1. The van der Waals surface area contributed by atoms with Crippen molar-refractivity contribution in [3.63, 3.8) is 0 Å². The summed E-state index contributed by atoms with van der Waals surface area (Å²) in [5.41, 5.74) is 3.43. The van der Waals surface area contributed by atoms with E-state index in [1.807, 2.05) is 13.0 Å². The van der Waals surface area contributed by atoms with Gasteiger partial charge in [-0.25, -0.2) is 0 Å². The molecule has 0 aliphatic heterocycles. The molecule has 1 nitrogen and oxygen atoms in total. The second-order valence-corrected chi connectivity index (χ2v) is 3.15. The Morgan fingerprint density at radius 1 is 1.00 bits per heavy atom. The molecule has 1 aromatic carbocycles. The zero-order valence-corrected chi connectivity index (χ0v) is 9.68. The minimum atomic E-state index is 1.08. The lowest BCUT2D eigenvalue weighted by Gasteiger charge is -1.99. The van der Waals surface area contributed by atoms with Crippen molar-refractivity contribution in [2.45, 2.75) is 13.8 Å². The molecule has 0 saturated carbocycles. The quantitative estimate of drug-likeness (QED) is 0.650. The number of hydrogen-bond acceptors (Lipinski definition) is 2. The standard InChI is InChI=1S/C11H11N.CH4S/c1-8-3-5-10-6-4-9(2)12-11(10)7-8;1-2/h3-7H,1-2H3;2H,1H3. The Labute approximate surface area is 90.6 Å². The minimum Gasteiger partial charge on any atom is -0.253 e. The predicted octanol–water partition coefficient (Wildman–Crippen LogP) is 3.40.